The number of amides is 1. The Labute approximate surface area is 158 Å². The van der Waals surface area contributed by atoms with Crippen molar-refractivity contribution >= 4 is 5.91 Å². The Hall–Kier alpha value is -1.39. The Balaban J connectivity index is 1.37. The normalized spacial score (nSPS) is 27.4. The zero-order valence-corrected chi connectivity index (χ0v) is 16.4. The molecule has 3 fully saturated rings. The van der Waals surface area contributed by atoms with Crippen molar-refractivity contribution in [1.82, 2.24) is 14.7 Å². The Morgan fingerprint density at radius 3 is 2.58 bits per heavy atom. The maximum atomic E-state index is 12.6. The highest BCUT2D eigenvalue weighted by Gasteiger charge is 2.43. The summed E-state index contributed by atoms with van der Waals surface area (Å²) < 4.78 is 0. The van der Waals surface area contributed by atoms with Crippen molar-refractivity contribution in [2.75, 3.05) is 39.8 Å². The van der Waals surface area contributed by atoms with Crippen LogP contribution in [0.1, 0.15) is 43.2 Å². The van der Waals surface area contributed by atoms with Crippen LogP contribution in [-0.4, -0.2) is 66.4 Å². The molecule has 0 bridgehead atoms. The fourth-order valence-corrected chi connectivity index (χ4v) is 5.17. The molecule has 0 unspecified atom stereocenters. The molecule has 1 amide bonds. The van der Waals surface area contributed by atoms with E-state index < -0.39 is 0 Å². The first kappa shape index (κ1) is 18.0. The summed E-state index contributed by atoms with van der Waals surface area (Å²) in [4.78, 5) is 19.8. The average Bonchev–Trinajstić information content (AvgIpc) is 3.07. The number of benzene rings is 1. The third-order valence-corrected chi connectivity index (χ3v) is 7.07. The van der Waals surface area contributed by atoms with Crippen LogP contribution in [-0.2, 0) is 11.3 Å². The number of carbonyl (C=O) groups is 1. The zero-order chi connectivity index (χ0) is 18.1. The first-order chi connectivity index (χ1) is 12.5. The SMILES string of the molecule is Cc1ccccc1CN1CCC2(CCC(=O)N([C@H]3CCN(C)C3)C2)CC1. The van der Waals surface area contributed by atoms with E-state index in [0.29, 0.717) is 17.4 Å². The summed E-state index contributed by atoms with van der Waals surface area (Å²) in [5, 5.41) is 0. The van der Waals surface area contributed by atoms with Crippen molar-refractivity contribution in [1.29, 1.82) is 0 Å². The van der Waals surface area contributed by atoms with Gasteiger partial charge in [0.15, 0.2) is 0 Å². The summed E-state index contributed by atoms with van der Waals surface area (Å²) in [7, 11) is 2.17. The van der Waals surface area contributed by atoms with E-state index in [2.05, 4.69) is 52.9 Å². The first-order valence-corrected chi connectivity index (χ1v) is 10.3. The molecule has 0 saturated carbocycles. The molecule has 0 N–H and O–H groups in total. The number of aryl methyl sites for hydroxylation is 1. The van der Waals surface area contributed by atoms with Crippen molar-refractivity contribution in [3.8, 4) is 0 Å². The minimum atomic E-state index is 0.372. The molecule has 1 spiro atoms. The van der Waals surface area contributed by atoms with Gasteiger partial charge in [0.2, 0.25) is 5.91 Å². The predicted octanol–water partition coefficient (Wildman–Crippen LogP) is 2.90. The summed E-state index contributed by atoms with van der Waals surface area (Å²) in [6, 6.07) is 9.20. The minimum Gasteiger partial charge on any atom is -0.338 e. The van der Waals surface area contributed by atoms with Gasteiger partial charge in [0, 0.05) is 32.1 Å². The van der Waals surface area contributed by atoms with E-state index in [-0.39, 0.29) is 0 Å². The second-order valence-electron chi connectivity index (χ2n) is 8.93. The molecule has 3 saturated heterocycles. The van der Waals surface area contributed by atoms with Crippen molar-refractivity contribution in [3.63, 3.8) is 0 Å². The van der Waals surface area contributed by atoms with E-state index in [9.17, 15) is 4.79 Å². The van der Waals surface area contributed by atoms with Crippen LogP contribution in [0, 0.1) is 12.3 Å². The second-order valence-corrected chi connectivity index (χ2v) is 8.93. The number of nitrogens with zero attached hydrogens (tertiary/aromatic N) is 3. The van der Waals surface area contributed by atoms with Crippen molar-refractivity contribution in [3.05, 3.63) is 35.4 Å². The molecule has 1 aromatic carbocycles. The third kappa shape index (κ3) is 3.67. The van der Waals surface area contributed by atoms with Crippen LogP contribution in [0.25, 0.3) is 0 Å². The molecule has 4 nitrogen and oxygen atoms in total. The molecule has 1 aromatic rings. The predicted molar refractivity (Wildman–Crippen MR) is 105 cm³/mol. The topological polar surface area (TPSA) is 26.8 Å². The first-order valence-electron chi connectivity index (χ1n) is 10.3. The van der Waals surface area contributed by atoms with Crippen molar-refractivity contribution in [2.45, 2.75) is 51.6 Å². The van der Waals surface area contributed by atoms with Gasteiger partial charge in [0.05, 0.1) is 0 Å². The van der Waals surface area contributed by atoms with E-state index in [4.69, 9.17) is 0 Å². The van der Waals surface area contributed by atoms with Crippen LogP contribution in [0.15, 0.2) is 24.3 Å². The van der Waals surface area contributed by atoms with E-state index >= 15 is 0 Å². The smallest absolute Gasteiger partial charge is 0.222 e. The second kappa shape index (κ2) is 7.32. The number of hydrogen-bond acceptors (Lipinski definition) is 3. The van der Waals surface area contributed by atoms with Crippen molar-refractivity contribution < 1.29 is 4.79 Å². The lowest BCUT2D eigenvalue weighted by Gasteiger charge is -2.49. The highest BCUT2D eigenvalue weighted by molar-refractivity contribution is 5.77. The molecular formula is C22H33N3O. The van der Waals surface area contributed by atoms with Gasteiger partial charge in [-0.2, -0.15) is 0 Å². The summed E-state index contributed by atoms with van der Waals surface area (Å²) in [5.41, 5.74) is 3.22. The molecule has 3 aliphatic heterocycles. The number of likely N-dealkylation sites (N-methyl/N-ethyl adjacent to an activating group) is 1. The lowest BCUT2D eigenvalue weighted by Crippen LogP contribution is -2.54. The summed E-state index contributed by atoms with van der Waals surface area (Å²) >= 11 is 0. The van der Waals surface area contributed by atoms with Gasteiger partial charge >= 0.3 is 0 Å². The minimum absolute atomic E-state index is 0.372. The van der Waals surface area contributed by atoms with Crippen LogP contribution in [0.2, 0.25) is 0 Å². The van der Waals surface area contributed by atoms with Gasteiger partial charge in [-0.3, -0.25) is 9.69 Å². The Bertz CT molecular complexity index is 651. The Kier molecular flexibility index (Phi) is 5.07. The largest absolute Gasteiger partial charge is 0.338 e. The molecular weight excluding hydrogens is 322 g/mol. The molecule has 0 radical (unpaired) electrons. The van der Waals surface area contributed by atoms with Gasteiger partial charge in [0.1, 0.15) is 0 Å². The molecule has 26 heavy (non-hydrogen) atoms. The van der Waals surface area contributed by atoms with Gasteiger partial charge in [-0.05, 0) is 75.8 Å². The third-order valence-electron chi connectivity index (χ3n) is 7.07. The molecule has 1 atom stereocenters. The molecule has 4 heteroatoms. The number of hydrogen-bond donors (Lipinski definition) is 0. The van der Waals surface area contributed by atoms with Gasteiger partial charge in [-0.15, -0.1) is 0 Å². The number of piperidine rings is 2. The molecule has 3 heterocycles. The lowest BCUT2D eigenvalue weighted by molar-refractivity contribution is -0.142. The van der Waals surface area contributed by atoms with E-state index in [1.165, 1.54) is 37.1 Å². The zero-order valence-electron chi connectivity index (χ0n) is 16.4. The van der Waals surface area contributed by atoms with Crippen LogP contribution < -0.4 is 0 Å². The molecule has 0 aromatic heterocycles. The number of rotatable bonds is 3. The molecule has 4 rings (SSSR count). The van der Waals surface area contributed by atoms with Gasteiger partial charge in [-0.1, -0.05) is 24.3 Å². The Morgan fingerprint density at radius 2 is 1.88 bits per heavy atom. The highest BCUT2D eigenvalue weighted by Crippen LogP contribution is 2.41. The maximum absolute atomic E-state index is 12.6. The molecule has 3 aliphatic rings. The van der Waals surface area contributed by atoms with Gasteiger partial charge in [0.25, 0.3) is 0 Å². The quantitative estimate of drug-likeness (QED) is 0.834. The van der Waals surface area contributed by atoms with E-state index in [1.807, 2.05) is 0 Å². The summed E-state index contributed by atoms with van der Waals surface area (Å²) in [5.74, 6) is 0.401. The van der Waals surface area contributed by atoms with Crippen LogP contribution in [0.3, 0.4) is 0 Å². The summed E-state index contributed by atoms with van der Waals surface area (Å²) in [6.45, 7) is 8.81. The van der Waals surface area contributed by atoms with Crippen LogP contribution >= 0.6 is 0 Å². The van der Waals surface area contributed by atoms with Crippen molar-refractivity contribution in [2.24, 2.45) is 5.41 Å². The molecule has 0 aliphatic carbocycles. The summed E-state index contributed by atoms with van der Waals surface area (Å²) in [6.07, 6.45) is 5.50. The van der Waals surface area contributed by atoms with Crippen LogP contribution in [0.4, 0.5) is 0 Å². The van der Waals surface area contributed by atoms with Crippen LogP contribution in [0.5, 0.6) is 0 Å². The van der Waals surface area contributed by atoms with E-state index in [0.717, 1.165) is 45.4 Å². The number of likely N-dealkylation sites (tertiary alicyclic amines) is 3. The monoisotopic (exact) mass is 355 g/mol. The Morgan fingerprint density at radius 1 is 1.12 bits per heavy atom. The fraction of sp³-hybridized carbons (Fsp3) is 0.682. The highest BCUT2D eigenvalue weighted by atomic mass is 16.2. The van der Waals surface area contributed by atoms with Gasteiger partial charge < -0.3 is 9.80 Å². The maximum Gasteiger partial charge on any atom is 0.222 e. The average molecular weight is 356 g/mol. The molecule has 142 valence electrons. The lowest BCUT2D eigenvalue weighted by atomic mass is 9.72. The van der Waals surface area contributed by atoms with Gasteiger partial charge in [-0.25, -0.2) is 0 Å². The standard InChI is InChI=1S/C22H33N3O/c1-18-5-3-4-6-19(18)15-24-13-10-22(11-14-24)9-7-21(26)25(17-22)20-8-12-23(2)16-20/h3-6,20H,7-17H2,1-2H3/t20-/m0/s1. The number of carbonyl (C=O) groups excluding carboxylic acids is 1. The fourth-order valence-electron chi connectivity index (χ4n) is 5.17. The van der Waals surface area contributed by atoms with E-state index in [1.54, 1.807) is 0 Å².